The summed E-state index contributed by atoms with van der Waals surface area (Å²) in [5.41, 5.74) is 0.774. The number of nitrogens with zero attached hydrogens (tertiary/aromatic N) is 2. The average Bonchev–Trinajstić information content (AvgIpc) is 2.53. The SMILES string of the molecule is CC[C@H]1OCCC[C@@H]1C(=O)N(C)c1ccc(OC)nc1. The van der Waals surface area contributed by atoms with Gasteiger partial charge in [-0.1, -0.05) is 6.92 Å². The van der Waals surface area contributed by atoms with Gasteiger partial charge in [-0.15, -0.1) is 0 Å². The first-order valence-electron chi connectivity index (χ1n) is 7.06. The molecule has 1 aromatic rings. The molecule has 1 aromatic heterocycles. The molecule has 20 heavy (non-hydrogen) atoms. The van der Waals surface area contributed by atoms with Crippen LogP contribution in [-0.4, -0.2) is 37.8 Å². The number of pyridine rings is 1. The fourth-order valence-corrected chi connectivity index (χ4v) is 2.59. The van der Waals surface area contributed by atoms with E-state index in [1.54, 1.807) is 31.3 Å². The van der Waals surface area contributed by atoms with Gasteiger partial charge in [-0.2, -0.15) is 0 Å². The second-order valence-corrected chi connectivity index (χ2v) is 5.02. The zero-order valence-corrected chi connectivity index (χ0v) is 12.3. The van der Waals surface area contributed by atoms with Crippen LogP contribution in [0.4, 0.5) is 5.69 Å². The summed E-state index contributed by atoms with van der Waals surface area (Å²) in [6, 6.07) is 3.60. The predicted octanol–water partition coefficient (Wildman–Crippen LogP) is 2.26. The van der Waals surface area contributed by atoms with Gasteiger partial charge in [-0.05, 0) is 25.3 Å². The Morgan fingerprint density at radius 1 is 1.55 bits per heavy atom. The molecule has 0 radical (unpaired) electrons. The molecule has 0 aliphatic carbocycles. The maximum absolute atomic E-state index is 12.6. The summed E-state index contributed by atoms with van der Waals surface area (Å²) in [4.78, 5) is 18.4. The molecule has 5 nitrogen and oxygen atoms in total. The predicted molar refractivity (Wildman–Crippen MR) is 77.0 cm³/mol. The number of aromatic nitrogens is 1. The largest absolute Gasteiger partial charge is 0.481 e. The van der Waals surface area contributed by atoms with Gasteiger partial charge in [-0.3, -0.25) is 4.79 Å². The molecule has 5 heteroatoms. The summed E-state index contributed by atoms with van der Waals surface area (Å²) in [5, 5.41) is 0. The average molecular weight is 278 g/mol. The third-order valence-corrected chi connectivity index (χ3v) is 3.81. The first-order chi connectivity index (χ1) is 9.67. The van der Waals surface area contributed by atoms with Crippen LogP contribution in [0.25, 0.3) is 0 Å². The van der Waals surface area contributed by atoms with E-state index in [2.05, 4.69) is 11.9 Å². The van der Waals surface area contributed by atoms with Gasteiger partial charge >= 0.3 is 0 Å². The maximum Gasteiger partial charge on any atom is 0.232 e. The quantitative estimate of drug-likeness (QED) is 0.847. The molecular formula is C15H22N2O3. The van der Waals surface area contributed by atoms with Gasteiger partial charge in [0, 0.05) is 19.7 Å². The fourth-order valence-electron chi connectivity index (χ4n) is 2.59. The van der Waals surface area contributed by atoms with Crippen molar-refractivity contribution < 1.29 is 14.3 Å². The minimum Gasteiger partial charge on any atom is -0.481 e. The number of hydrogen-bond acceptors (Lipinski definition) is 4. The van der Waals surface area contributed by atoms with E-state index < -0.39 is 0 Å². The number of methoxy groups -OCH3 is 1. The van der Waals surface area contributed by atoms with Gasteiger partial charge in [0.05, 0.1) is 31.0 Å². The molecule has 0 saturated carbocycles. The molecular weight excluding hydrogens is 256 g/mol. The third-order valence-electron chi connectivity index (χ3n) is 3.81. The van der Waals surface area contributed by atoms with Crippen molar-refractivity contribution in [3.05, 3.63) is 18.3 Å². The molecule has 0 aromatic carbocycles. The molecule has 0 spiro atoms. The summed E-state index contributed by atoms with van der Waals surface area (Å²) in [6.45, 7) is 2.82. The summed E-state index contributed by atoms with van der Waals surface area (Å²) in [6.07, 6.45) is 4.39. The fraction of sp³-hybridized carbons (Fsp3) is 0.600. The number of anilines is 1. The van der Waals surface area contributed by atoms with Crippen LogP contribution in [0.2, 0.25) is 0 Å². The first kappa shape index (κ1) is 14.8. The highest BCUT2D eigenvalue weighted by Gasteiger charge is 2.32. The summed E-state index contributed by atoms with van der Waals surface area (Å²) >= 11 is 0. The van der Waals surface area contributed by atoms with E-state index in [-0.39, 0.29) is 17.9 Å². The second-order valence-electron chi connectivity index (χ2n) is 5.02. The Labute approximate surface area is 119 Å². The molecule has 1 amide bonds. The van der Waals surface area contributed by atoms with E-state index in [1.165, 1.54) is 0 Å². The minimum absolute atomic E-state index is 0.0323. The third kappa shape index (κ3) is 3.10. The van der Waals surface area contributed by atoms with Crippen molar-refractivity contribution in [2.45, 2.75) is 32.3 Å². The van der Waals surface area contributed by atoms with E-state index >= 15 is 0 Å². The van der Waals surface area contributed by atoms with Gasteiger partial charge in [0.25, 0.3) is 0 Å². The van der Waals surface area contributed by atoms with Crippen LogP contribution < -0.4 is 9.64 Å². The van der Waals surface area contributed by atoms with E-state index in [1.807, 2.05) is 6.07 Å². The number of ether oxygens (including phenoxy) is 2. The van der Waals surface area contributed by atoms with Gasteiger partial charge < -0.3 is 14.4 Å². The highest BCUT2D eigenvalue weighted by Crippen LogP contribution is 2.27. The molecule has 1 saturated heterocycles. The molecule has 0 unspecified atom stereocenters. The van der Waals surface area contributed by atoms with Crippen LogP contribution in [0.15, 0.2) is 18.3 Å². The van der Waals surface area contributed by atoms with Gasteiger partial charge in [-0.25, -0.2) is 4.98 Å². The molecule has 1 aliphatic heterocycles. The lowest BCUT2D eigenvalue weighted by atomic mass is 9.91. The lowest BCUT2D eigenvalue weighted by Crippen LogP contribution is -2.42. The van der Waals surface area contributed by atoms with Gasteiger partial charge in [0.1, 0.15) is 0 Å². The molecule has 0 bridgehead atoms. The van der Waals surface area contributed by atoms with Crippen LogP contribution in [0.1, 0.15) is 26.2 Å². The van der Waals surface area contributed by atoms with Crippen LogP contribution in [0.5, 0.6) is 5.88 Å². The van der Waals surface area contributed by atoms with Crippen molar-refractivity contribution in [1.82, 2.24) is 4.98 Å². The molecule has 0 N–H and O–H groups in total. The Balaban J connectivity index is 2.10. The van der Waals surface area contributed by atoms with Crippen molar-refractivity contribution >= 4 is 11.6 Å². The van der Waals surface area contributed by atoms with Gasteiger partial charge in [0.15, 0.2) is 0 Å². The Morgan fingerprint density at radius 2 is 2.35 bits per heavy atom. The van der Waals surface area contributed by atoms with Gasteiger partial charge in [0.2, 0.25) is 11.8 Å². The van der Waals surface area contributed by atoms with Crippen LogP contribution >= 0.6 is 0 Å². The Kier molecular flexibility index (Phi) is 4.95. The second kappa shape index (κ2) is 6.70. The van der Waals surface area contributed by atoms with Crippen LogP contribution in [-0.2, 0) is 9.53 Å². The highest BCUT2D eigenvalue weighted by molar-refractivity contribution is 5.94. The lowest BCUT2D eigenvalue weighted by Gasteiger charge is -2.32. The zero-order valence-electron chi connectivity index (χ0n) is 12.3. The van der Waals surface area contributed by atoms with Crippen molar-refractivity contribution in [3.63, 3.8) is 0 Å². The topological polar surface area (TPSA) is 51.7 Å². The van der Waals surface area contributed by atoms with Crippen molar-refractivity contribution in [1.29, 1.82) is 0 Å². The number of hydrogen-bond donors (Lipinski definition) is 0. The van der Waals surface area contributed by atoms with E-state index in [4.69, 9.17) is 9.47 Å². The van der Waals surface area contributed by atoms with Crippen LogP contribution in [0.3, 0.4) is 0 Å². The van der Waals surface area contributed by atoms with Crippen molar-refractivity contribution in [3.8, 4) is 5.88 Å². The maximum atomic E-state index is 12.6. The number of carbonyl (C=O) groups is 1. The molecule has 1 fully saturated rings. The smallest absolute Gasteiger partial charge is 0.232 e. The molecule has 1 aliphatic rings. The number of carbonyl (C=O) groups excluding carboxylic acids is 1. The highest BCUT2D eigenvalue weighted by atomic mass is 16.5. The van der Waals surface area contributed by atoms with Crippen LogP contribution in [0, 0.1) is 5.92 Å². The molecule has 2 heterocycles. The van der Waals surface area contributed by atoms with Crippen molar-refractivity contribution in [2.75, 3.05) is 25.7 Å². The van der Waals surface area contributed by atoms with Crippen molar-refractivity contribution in [2.24, 2.45) is 5.92 Å². The van der Waals surface area contributed by atoms with E-state index in [0.29, 0.717) is 5.88 Å². The summed E-state index contributed by atoms with van der Waals surface area (Å²) < 4.78 is 10.7. The minimum atomic E-state index is -0.0548. The lowest BCUT2D eigenvalue weighted by molar-refractivity contribution is -0.131. The molecule has 2 atom stereocenters. The summed E-state index contributed by atoms with van der Waals surface area (Å²) in [7, 11) is 3.36. The Hall–Kier alpha value is -1.62. The Bertz CT molecular complexity index is 447. The monoisotopic (exact) mass is 278 g/mol. The zero-order chi connectivity index (χ0) is 14.5. The summed E-state index contributed by atoms with van der Waals surface area (Å²) in [5.74, 6) is 0.589. The van der Waals surface area contributed by atoms with E-state index in [0.717, 1.165) is 31.6 Å². The standard InChI is InChI=1S/C15H22N2O3/c1-4-13-12(6-5-9-20-13)15(18)17(2)11-7-8-14(19-3)16-10-11/h7-8,10,12-13H,4-6,9H2,1-3H3/t12-,13+/m0/s1. The number of amides is 1. The molecule has 2 rings (SSSR count). The first-order valence-corrected chi connectivity index (χ1v) is 7.06. The van der Waals surface area contributed by atoms with E-state index in [9.17, 15) is 4.79 Å². The molecule has 110 valence electrons. The Morgan fingerprint density at radius 3 is 2.95 bits per heavy atom. The normalized spacial score (nSPS) is 22.4. The number of rotatable bonds is 4.